The molecule has 0 atom stereocenters. The van der Waals surface area contributed by atoms with Gasteiger partial charge in [0.15, 0.2) is 5.16 Å². The van der Waals surface area contributed by atoms with Crippen LogP contribution in [0.5, 0.6) is 0 Å². The third-order valence-corrected chi connectivity index (χ3v) is 6.63. The van der Waals surface area contributed by atoms with E-state index in [4.69, 9.17) is 10.2 Å². The summed E-state index contributed by atoms with van der Waals surface area (Å²) in [6.07, 6.45) is 0.229. The van der Waals surface area contributed by atoms with Crippen molar-refractivity contribution in [3.05, 3.63) is 94.3 Å². The van der Waals surface area contributed by atoms with Gasteiger partial charge < -0.3 is 4.90 Å². The Labute approximate surface area is 202 Å². The number of nitriles is 1. The fraction of sp³-hybridized carbons (Fsp3) is 0.185. The van der Waals surface area contributed by atoms with E-state index in [0.29, 0.717) is 22.6 Å². The van der Waals surface area contributed by atoms with Crippen LogP contribution in [0.25, 0.3) is 16.6 Å². The van der Waals surface area contributed by atoms with Crippen molar-refractivity contribution in [2.24, 2.45) is 0 Å². The van der Waals surface area contributed by atoms with Gasteiger partial charge in [0, 0.05) is 12.2 Å². The van der Waals surface area contributed by atoms with Crippen LogP contribution in [-0.2, 0) is 4.79 Å². The number of anilines is 1. The normalized spacial score (nSPS) is 10.7. The first kappa shape index (κ1) is 23.3. The summed E-state index contributed by atoms with van der Waals surface area (Å²) in [4.78, 5) is 33.1. The summed E-state index contributed by atoms with van der Waals surface area (Å²) in [5.74, 6) is -0.0722. The maximum absolute atomic E-state index is 13.5. The molecule has 0 bridgehead atoms. The summed E-state index contributed by atoms with van der Waals surface area (Å²) >= 11 is 1.23. The number of rotatable bonds is 7. The predicted molar refractivity (Wildman–Crippen MR) is 137 cm³/mol. The molecular formula is C27H24N4O2S. The van der Waals surface area contributed by atoms with Gasteiger partial charge >= 0.3 is 0 Å². The summed E-state index contributed by atoms with van der Waals surface area (Å²) in [7, 11) is 0. The molecule has 0 N–H and O–H groups in total. The summed E-state index contributed by atoms with van der Waals surface area (Å²) in [5.41, 5.74) is 3.96. The number of thioether (sulfide) groups is 1. The van der Waals surface area contributed by atoms with Crippen LogP contribution in [0.2, 0.25) is 0 Å². The van der Waals surface area contributed by atoms with Gasteiger partial charge in [0.25, 0.3) is 5.56 Å². The molecule has 0 saturated heterocycles. The lowest BCUT2D eigenvalue weighted by molar-refractivity contribution is -0.116. The number of fused-ring (bicyclic) bond motifs is 1. The van der Waals surface area contributed by atoms with E-state index in [9.17, 15) is 9.59 Å². The van der Waals surface area contributed by atoms with Crippen LogP contribution >= 0.6 is 11.8 Å². The summed E-state index contributed by atoms with van der Waals surface area (Å²) in [6.45, 7) is 4.28. The lowest BCUT2D eigenvalue weighted by atomic mass is 10.1. The highest BCUT2D eigenvalue weighted by Gasteiger charge is 2.20. The fourth-order valence-corrected chi connectivity index (χ4v) is 4.65. The van der Waals surface area contributed by atoms with E-state index in [1.165, 1.54) is 11.8 Å². The average molecular weight is 469 g/mol. The lowest BCUT2D eigenvalue weighted by Crippen LogP contribution is -2.33. The van der Waals surface area contributed by atoms with Crippen molar-refractivity contribution in [2.75, 3.05) is 17.2 Å². The topological polar surface area (TPSA) is 79.0 Å². The van der Waals surface area contributed by atoms with Gasteiger partial charge in [-0.05, 0) is 55.3 Å². The predicted octanol–water partition coefficient (Wildman–Crippen LogP) is 5.04. The second kappa shape index (κ2) is 10.4. The Kier molecular flexibility index (Phi) is 7.09. The van der Waals surface area contributed by atoms with Crippen LogP contribution in [0.3, 0.4) is 0 Å². The molecule has 0 saturated carbocycles. The van der Waals surface area contributed by atoms with E-state index in [1.54, 1.807) is 21.6 Å². The quantitative estimate of drug-likeness (QED) is 0.280. The molecule has 0 aliphatic rings. The number of benzene rings is 3. The van der Waals surface area contributed by atoms with E-state index in [1.807, 2.05) is 74.5 Å². The number of hydrogen-bond donors (Lipinski definition) is 0. The van der Waals surface area contributed by atoms with Crippen molar-refractivity contribution in [3.63, 3.8) is 0 Å². The number of carbonyl (C=O) groups excluding carboxylic acids is 1. The van der Waals surface area contributed by atoms with Gasteiger partial charge in [-0.25, -0.2) is 4.98 Å². The van der Waals surface area contributed by atoms with Gasteiger partial charge in [0.2, 0.25) is 5.91 Å². The minimum absolute atomic E-state index is 0.0793. The maximum Gasteiger partial charge on any atom is 0.266 e. The Bertz CT molecular complexity index is 1440. The molecule has 1 heterocycles. The monoisotopic (exact) mass is 468 g/mol. The Morgan fingerprint density at radius 3 is 2.53 bits per heavy atom. The van der Waals surface area contributed by atoms with Crippen LogP contribution in [0.1, 0.15) is 17.5 Å². The van der Waals surface area contributed by atoms with E-state index < -0.39 is 0 Å². The van der Waals surface area contributed by atoms with E-state index in [-0.39, 0.29) is 23.6 Å². The molecule has 0 unspecified atom stereocenters. The maximum atomic E-state index is 13.5. The molecule has 0 fully saturated rings. The summed E-state index contributed by atoms with van der Waals surface area (Å²) < 4.78 is 1.60. The molecule has 170 valence electrons. The molecule has 0 aliphatic heterocycles. The first-order valence-electron chi connectivity index (χ1n) is 10.9. The molecule has 0 radical (unpaired) electrons. The molecule has 0 spiro atoms. The number of aromatic nitrogens is 2. The summed E-state index contributed by atoms with van der Waals surface area (Å²) in [5, 5.41) is 10.0. The third-order valence-electron chi connectivity index (χ3n) is 5.70. The van der Waals surface area contributed by atoms with Crippen molar-refractivity contribution < 1.29 is 4.79 Å². The Hall–Kier alpha value is -3.89. The van der Waals surface area contributed by atoms with Gasteiger partial charge in [0.1, 0.15) is 0 Å². The second-order valence-corrected chi connectivity index (χ2v) is 8.79. The van der Waals surface area contributed by atoms with Crippen LogP contribution in [-0.4, -0.2) is 27.8 Å². The van der Waals surface area contributed by atoms with Gasteiger partial charge in [-0.1, -0.05) is 54.2 Å². The molecule has 4 aromatic rings. The molecule has 1 aromatic heterocycles. The zero-order valence-electron chi connectivity index (χ0n) is 19.1. The van der Waals surface area contributed by atoms with E-state index in [2.05, 4.69) is 6.07 Å². The minimum Gasteiger partial charge on any atom is -0.311 e. The van der Waals surface area contributed by atoms with Crippen LogP contribution < -0.4 is 10.5 Å². The molecular weight excluding hydrogens is 444 g/mol. The summed E-state index contributed by atoms with van der Waals surface area (Å²) in [6, 6.07) is 24.5. The average Bonchev–Trinajstić information content (AvgIpc) is 2.86. The highest BCUT2D eigenvalue weighted by molar-refractivity contribution is 7.99. The fourth-order valence-electron chi connectivity index (χ4n) is 3.77. The molecule has 1 amide bonds. The molecule has 6 nitrogen and oxygen atoms in total. The highest BCUT2D eigenvalue weighted by atomic mass is 32.2. The number of carbonyl (C=O) groups is 1. The molecule has 3 aromatic carbocycles. The van der Waals surface area contributed by atoms with Crippen LogP contribution in [0.15, 0.2) is 82.7 Å². The van der Waals surface area contributed by atoms with E-state index in [0.717, 1.165) is 22.5 Å². The number of nitrogens with zero attached hydrogens (tertiary/aromatic N) is 4. The van der Waals surface area contributed by atoms with Crippen molar-refractivity contribution in [1.29, 1.82) is 5.26 Å². The molecule has 4 rings (SSSR count). The smallest absolute Gasteiger partial charge is 0.266 e. The Morgan fingerprint density at radius 2 is 1.76 bits per heavy atom. The van der Waals surface area contributed by atoms with Crippen molar-refractivity contribution in [1.82, 2.24) is 9.55 Å². The molecule has 7 heteroatoms. The van der Waals surface area contributed by atoms with Crippen molar-refractivity contribution >= 4 is 34.3 Å². The Morgan fingerprint density at radius 1 is 1.03 bits per heavy atom. The minimum atomic E-state index is -0.168. The van der Waals surface area contributed by atoms with Crippen molar-refractivity contribution in [2.45, 2.75) is 25.4 Å². The molecule has 34 heavy (non-hydrogen) atoms. The van der Waals surface area contributed by atoms with Gasteiger partial charge in [-0.15, -0.1) is 0 Å². The van der Waals surface area contributed by atoms with Crippen LogP contribution in [0.4, 0.5) is 5.69 Å². The molecule has 0 aliphatic carbocycles. The second-order valence-electron chi connectivity index (χ2n) is 7.85. The standard InChI is InChI=1S/C27H24N4O2S/c1-19-10-8-15-24(20(19)2)31-26(33)22-13-6-7-14-23(22)29-27(31)34-18-25(32)30(17-9-16-28)21-11-4-3-5-12-21/h3-8,10-15H,9,17-18H2,1-2H3. The van der Waals surface area contributed by atoms with Gasteiger partial charge in [0.05, 0.1) is 34.8 Å². The first-order valence-corrected chi connectivity index (χ1v) is 11.9. The first-order chi connectivity index (χ1) is 16.5. The lowest BCUT2D eigenvalue weighted by Gasteiger charge is -2.22. The number of aryl methyl sites for hydroxylation is 1. The highest BCUT2D eigenvalue weighted by Crippen LogP contribution is 2.25. The Balaban J connectivity index is 1.74. The largest absolute Gasteiger partial charge is 0.311 e. The van der Waals surface area contributed by atoms with E-state index >= 15 is 0 Å². The third kappa shape index (κ3) is 4.73. The van der Waals surface area contributed by atoms with Gasteiger partial charge in [-0.2, -0.15) is 5.26 Å². The number of para-hydroxylation sites is 2. The van der Waals surface area contributed by atoms with Gasteiger partial charge in [-0.3, -0.25) is 14.2 Å². The number of amides is 1. The number of hydrogen-bond acceptors (Lipinski definition) is 5. The SMILES string of the molecule is Cc1cccc(-n2c(SCC(=O)N(CCC#N)c3ccccc3)nc3ccccc3c2=O)c1C. The zero-order valence-corrected chi connectivity index (χ0v) is 19.9. The van der Waals surface area contributed by atoms with Crippen LogP contribution in [0, 0.1) is 25.2 Å². The van der Waals surface area contributed by atoms with Crippen molar-refractivity contribution in [3.8, 4) is 11.8 Å². The zero-order chi connectivity index (χ0) is 24.1.